The number of rotatable bonds is 9. The maximum Gasteiger partial charge on any atom is 0.237 e. The molecule has 0 unspecified atom stereocenters. The van der Waals surface area contributed by atoms with E-state index in [-0.39, 0.29) is 17.9 Å². The van der Waals surface area contributed by atoms with Crippen molar-refractivity contribution in [2.75, 3.05) is 19.6 Å². The van der Waals surface area contributed by atoms with Crippen LogP contribution in [0.2, 0.25) is 0 Å². The summed E-state index contributed by atoms with van der Waals surface area (Å²) in [6.07, 6.45) is 2.10. The van der Waals surface area contributed by atoms with E-state index < -0.39 is 5.91 Å². The van der Waals surface area contributed by atoms with Gasteiger partial charge in [-0.1, -0.05) is 27.7 Å². The summed E-state index contributed by atoms with van der Waals surface area (Å²) in [5.74, 6) is -0.145. The highest BCUT2D eigenvalue weighted by Crippen LogP contribution is 2.26. The minimum Gasteiger partial charge on any atom is -0.368 e. The number of amides is 2. The lowest BCUT2D eigenvalue weighted by Gasteiger charge is -2.27. The first-order valence-electron chi connectivity index (χ1n) is 6.94. The van der Waals surface area contributed by atoms with Crippen LogP contribution >= 0.6 is 0 Å². The molecule has 0 bridgehead atoms. The fraction of sp³-hybridized carbons (Fsp3) is 0.857. The van der Waals surface area contributed by atoms with E-state index in [1.807, 2.05) is 13.8 Å². The number of nitrogens with two attached hydrogens (primary N) is 2. The number of nitrogens with zero attached hydrogens (tertiary/aromatic N) is 1. The second-order valence-corrected chi connectivity index (χ2v) is 6.34. The van der Waals surface area contributed by atoms with E-state index in [1.165, 1.54) is 0 Å². The van der Waals surface area contributed by atoms with Crippen molar-refractivity contribution in [2.24, 2.45) is 22.8 Å². The molecule has 0 spiro atoms. The van der Waals surface area contributed by atoms with E-state index in [9.17, 15) is 9.59 Å². The van der Waals surface area contributed by atoms with Crippen LogP contribution in [0, 0.1) is 11.3 Å². The van der Waals surface area contributed by atoms with Crippen molar-refractivity contribution in [1.29, 1.82) is 0 Å². The van der Waals surface area contributed by atoms with E-state index in [4.69, 9.17) is 11.5 Å². The van der Waals surface area contributed by atoms with E-state index in [1.54, 1.807) is 4.90 Å². The number of hydrogen-bond acceptors (Lipinski definition) is 3. The molecule has 0 atom stereocenters. The molecule has 0 aromatic heterocycles. The Hall–Kier alpha value is -1.10. The zero-order chi connectivity index (χ0) is 15.1. The lowest BCUT2D eigenvalue weighted by Crippen LogP contribution is -2.40. The Labute approximate surface area is 116 Å². The molecule has 0 heterocycles. The van der Waals surface area contributed by atoms with E-state index >= 15 is 0 Å². The van der Waals surface area contributed by atoms with Gasteiger partial charge in [-0.2, -0.15) is 0 Å². The van der Waals surface area contributed by atoms with Crippen molar-refractivity contribution in [3.8, 4) is 0 Å². The van der Waals surface area contributed by atoms with Crippen molar-refractivity contribution in [2.45, 2.75) is 47.0 Å². The van der Waals surface area contributed by atoms with Gasteiger partial charge in [-0.3, -0.25) is 9.59 Å². The topological polar surface area (TPSA) is 89.4 Å². The van der Waals surface area contributed by atoms with Crippen molar-refractivity contribution in [3.05, 3.63) is 0 Å². The minimum atomic E-state index is -0.463. The normalized spacial score (nSPS) is 11.7. The zero-order valence-corrected chi connectivity index (χ0v) is 12.7. The van der Waals surface area contributed by atoms with E-state index in [0.29, 0.717) is 25.4 Å². The first-order valence-corrected chi connectivity index (χ1v) is 6.94. The molecule has 5 heteroatoms. The molecule has 0 radical (unpaired) electrons. The lowest BCUT2D eigenvalue weighted by molar-refractivity contribution is -0.136. The third-order valence-corrected chi connectivity index (χ3v) is 3.12. The van der Waals surface area contributed by atoms with Crippen LogP contribution in [-0.2, 0) is 9.59 Å². The molecule has 0 aromatic carbocycles. The van der Waals surface area contributed by atoms with E-state index in [2.05, 4.69) is 13.8 Å². The molecule has 0 aliphatic rings. The van der Waals surface area contributed by atoms with Crippen molar-refractivity contribution < 1.29 is 9.59 Å². The third-order valence-electron chi connectivity index (χ3n) is 3.12. The smallest absolute Gasteiger partial charge is 0.237 e. The van der Waals surface area contributed by atoms with Gasteiger partial charge in [0.15, 0.2) is 0 Å². The van der Waals surface area contributed by atoms with Crippen LogP contribution in [0.1, 0.15) is 47.0 Å². The van der Waals surface area contributed by atoms with Crippen LogP contribution < -0.4 is 11.5 Å². The molecule has 0 saturated heterocycles. The first-order chi connectivity index (χ1) is 8.68. The largest absolute Gasteiger partial charge is 0.368 e. The Bertz CT molecular complexity index is 301. The molecule has 0 rings (SSSR count). The monoisotopic (exact) mass is 271 g/mol. The number of hydrogen-bond donors (Lipinski definition) is 2. The summed E-state index contributed by atoms with van der Waals surface area (Å²) < 4.78 is 0. The second kappa shape index (κ2) is 8.15. The third kappa shape index (κ3) is 8.59. The molecule has 19 heavy (non-hydrogen) atoms. The number of carbonyl (C=O) groups is 2. The SMILES string of the molecule is CC(C)CN(CC(N)=O)C(=O)CCC(C)(C)CCN. The highest BCUT2D eigenvalue weighted by molar-refractivity contribution is 5.83. The predicted molar refractivity (Wildman–Crippen MR) is 77.3 cm³/mol. The summed E-state index contributed by atoms with van der Waals surface area (Å²) >= 11 is 0. The van der Waals surface area contributed by atoms with Crippen LogP contribution in [0.5, 0.6) is 0 Å². The van der Waals surface area contributed by atoms with Crippen LogP contribution in [-0.4, -0.2) is 36.3 Å². The van der Waals surface area contributed by atoms with Crippen molar-refractivity contribution >= 4 is 11.8 Å². The molecule has 2 amide bonds. The summed E-state index contributed by atoms with van der Waals surface area (Å²) in [5, 5.41) is 0. The molecule has 0 aliphatic carbocycles. The van der Waals surface area contributed by atoms with Gasteiger partial charge in [-0.25, -0.2) is 0 Å². The van der Waals surface area contributed by atoms with E-state index in [0.717, 1.165) is 12.8 Å². The van der Waals surface area contributed by atoms with Gasteiger partial charge in [-0.15, -0.1) is 0 Å². The maximum atomic E-state index is 12.2. The summed E-state index contributed by atoms with van der Waals surface area (Å²) in [7, 11) is 0. The van der Waals surface area contributed by atoms with Gasteiger partial charge in [0.2, 0.25) is 11.8 Å². The van der Waals surface area contributed by atoms with Crippen LogP contribution in [0.4, 0.5) is 0 Å². The average molecular weight is 271 g/mol. The lowest BCUT2D eigenvalue weighted by atomic mass is 9.84. The second-order valence-electron chi connectivity index (χ2n) is 6.34. The summed E-state index contributed by atoms with van der Waals surface area (Å²) in [5.41, 5.74) is 10.8. The van der Waals surface area contributed by atoms with Gasteiger partial charge in [0.05, 0.1) is 6.54 Å². The van der Waals surface area contributed by atoms with Crippen LogP contribution in [0.3, 0.4) is 0 Å². The number of primary amides is 1. The van der Waals surface area contributed by atoms with Gasteiger partial charge in [0.25, 0.3) is 0 Å². The molecule has 112 valence electrons. The quantitative estimate of drug-likeness (QED) is 0.658. The molecule has 0 aromatic rings. The Morgan fingerprint density at radius 2 is 1.79 bits per heavy atom. The van der Waals surface area contributed by atoms with Crippen LogP contribution in [0.15, 0.2) is 0 Å². The highest BCUT2D eigenvalue weighted by Gasteiger charge is 2.22. The fourth-order valence-electron chi connectivity index (χ4n) is 2.00. The standard InChI is InChI=1S/C14H29N3O2/c1-11(2)9-17(10-12(16)18)13(19)5-6-14(3,4)7-8-15/h11H,5-10,15H2,1-4H3,(H2,16,18). The van der Waals surface area contributed by atoms with Crippen molar-refractivity contribution in [3.63, 3.8) is 0 Å². The van der Waals surface area contributed by atoms with Crippen LogP contribution in [0.25, 0.3) is 0 Å². The minimum absolute atomic E-state index is 0.00223. The molecule has 4 N–H and O–H groups in total. The summed E-state index contributed by atoms with van der Waals surface area (Å²) in [4.78, 5) is 24.7. The molecule has 0 saturated carbocycles. The highest BCUT2D eigenvalue weighted by atomic mass is 16.2. The molecular weight excluding hydrogens is 242 g/mol. The first kappa shape index (κ1) is 17.9. The molecule has 0 aliphatic heterocycles. The van der Waals surface area contributed by atoms with Gasteiger partial charge in [-0.05, 0) is 30.7 Å². The fourth-order valence-corrected chi connectivity index (χ4v) is 2.00. The zero-order valence-electron chi connectivity index (χ0n) is 12.7. The molecular formula is C14H29N3O2. The molecule has 0 fully saturated rings. The number of carbonyl (C=O) groups excluding carboxylic acids is 2. The Morgan fingerprint density at radius 3 is 2.21 bits per heavy atom. The average Bonchev–Trinajstić information content (AvgIpc) is 2.23. The Morgan fingerprint density at radius 1 is 1.21 bits per heavy atom. The summed E-state index contributed by atoms with van der Waals surface area (Å²) in [6.45, 7) is 9.44. The molecule has 5 nitrogen and oxygen atoms in total. The van der Waals surface area contributed by atoms with Crippen molar-refractivity contribution in [1.82, 2.24) is 4.90 Å². The predicted octanol–water partition coefficient (Wildman–Crippen LogP) is 1.11. The Kier molecular flexibility index (Phi) is 7.68. The summed E-state index contributed by atoms with van der Waals surface area (Å²) in [6, 6.07) is 0. The van der Waals surface area contributed by atoms with Gasteiger partial charge in [0.1, 0.15) is 0 Å². The Balaban J connectivity index is 4.43. The van der Waals surface area contributed by atoms with Gasteiger partial charge >= 0.3 is 0 Å². The maximum absolute atomic E-state index is 12.2. The van der Waals surface area contributed by atoms with Gasteiger partial charge < -0.3 is 16.4 Å². The van der Waals surface area contributed by atoms with Gasteiger partial charge in [0, 0.05) is 13.0 Å².